The summed E-state index contributed by atoms with van der Waals surface area (Å²) in [6, 6.07) is 0. The first kappa shape index (κ1) is 15.0. The van der Waals surface area contributed by atoms with Crippen LogP contribution in [0.4, 0.5) is 0 Å². The Bertz CT molecular complexity index is 307. The first-order valence-electron chi connectivity index (χ1n) is 6.50. The number of amides is 1. The van der Waals surface area contributed by atoms with E-state index in [1.807, 2.05) is 14.1 Å². The van der Waals surface area contributed by atoms with Gasteiger partial charge < -0.3 is 15.3 Å². The molecule has 1 aliphatic carbocycles. The summed E-state index contributed by atoms with van der Waals surface area (Å²) in [4.78, 5) is 24.8. The van der Waals surface area contributed by atoms with Crippen molar-refractivity contribution in [3.63, 3.8) is 0 Å². The first-order chi connectivity index (χ1) is 8.35. The molecule has 5 nitrogen and oxygen atoms in total. The molecule has 18 heavy (non-hydrogen) atoms. The Labute approximate surface area is 109 Å². The van der Waals surface area contributed by atoms with Crippen LogP contribution in [-0.4, -0.2) is 49.1 Å². The highest BCUT2D eigenvalue weighted by Crippen LogP contribution is 2.38. The average Bonchev–Trinajstić information content (AvgIpc) is 2.27. The fourth-order valence-electron chi connectivity index (χ4n) is 2.39. The molecule has 5 heteroatoms. The standard InChI is InChI=1S/C13H24N2O3/c1-10-4-6-13(7-5-10,12(17)18)9-14-11(16)8-15(2)3/h10H,4-9H2,1-3H3,(H,14,16)(H,17,18). The highest BCUT2D eigenvalue weighted by Gasteiger charge is 2.41. The van der Waals surface area contributed by atoms with Crippen LogP contribution < -0.4 is 5.32 Å². The van der Waals surface area contributed by atoms with Crippen LogP contribution in [0, 0.1) is 11.3 Å². The second-order valence-corrected chi connectivity index (χ2v) is 5.78. The zero-order valence-electron chi connectivity index (χ0n) is 11.5. The molecule has 0 bridgehead atoms. The molecule has 0 atom stereocenters. The smallest absolute Gasteiger partial charge is 0.311 e. The van der Waals surface area contributed by atoms with Gasteiger partial charge in [-0.25, -0.2) is 0 Å². The van der Waals surface area contributed by atoms with Gasteiger partial charge >= 0.3 is 5.97 Å². The Morgan fingerprint density at radius 1 is 1.33 bits per heavy atom. The maximum Gasteiger partial charge on any atom is 0.311 e. The molecule has 0 unspecified atom stereocenters. The summed E-state index contributed by atoms with van der Waals surface area (Å²) in [6.07, 6.45) is 3.17. The highest BCUT2D eigenvalue weighted by molar-refractivity contribution is 5.80. The van der Waals surface area contributed by atoms with Gasteiger partial charge in [0.05, 0.1) is 12.0 Å². The lowest BCUT2D eigenvalue weighted by atomic mass is 9.71. The van der Waals surface area contributed by atoms with E-state index in [9.17, 15) is 14.7 Å². The summed E-state index contributed by atoms with van der Waals surface area (Å²) < 4.78 is 0. The number of carboxylic acid groups (broad SMARTS) is 1. The molecule has 1 rings (SSSR count). The molecule has 0 aromatic carbocycles. The van der Waals surface area contributed by atoms with Gasteiger partial charge in [0.1, 0.15) is 0 Å². The van der Waals surface area contributed by atoms with E-state index in [4.69, 9.17) is 0 Å². The molecule has 0 radical (unpaired) electrons. The van der Waals surface area contributed by atoms with E-state index < -0.39 is 11.4 Å². The molecule has 0 aliphatic heterocycles. The second kappa shape index (κ2) is 6.18. The van der Waals surface area contributed by atoms with Crippen LogP contribution in [0.2, 0.25) is 0 Å². The van der Waals surface area contributed by atoms with E-state index in [0.29, 0.717) is 25.3 Å². The van der Waals surface area contributed by atoms with Crippen molar-refractivity contribution in [2.45, 2.75) is 32.6 Å². The fourth-order valence-corrected chi connectivity index (χ4v) is 2.39. The van der Waals surface area contributed by atoms with Crippen LogP contribution in [0.15, 0.2) is 0 Å². The molecule has 0 heterocycles. The Morgan fingerprint density at radius 3 is 2.33 bits per heavy atom. The Kier molecular flexibility index (Phi) is 5.14. The number of nitrogens with one attached hydrogen (secondary N) is 1. The lowest BCUT2D eigenvalue weighted by Crippen LogP contribution is -2.46. The van der Waals surface area contributed by atoms with Gasteiger partial charge in [-0.05, 0) is 45.7 Å². The number of hydrogen-bond donors (Lipinski definition) is 2. The van der Waals surface area contributed by atoms with Crippen LogP contribution in [0.5, 0.6) is 0 Å². The fraction of sp³-hybridized carbons (Fsp3) is 0.846. The summed E-state index contributed by atoms with van der Waals surface area (Å²) >= 11 is 0. The number of carbonyl (C=O) groups is 2. The summed E-state index contributed by atoms with van der Waals surface area (Å²) in [5, 5.41) is 12.2. The normalized spacial score (nSPS) is 28.1. The number of aliphatic carboxylic acids is 1. The third-order valence-corrected chi connectivity index (χ3v) is 3.77. The summed E-state index contributed by atoms with van der Waals surface area (Å²) in [6.45, 7) is 2.70. The predicted molar refractivity (Wildman–Crippen MR) is 69.3 cm³/mol. The molecule has 0 aromatic rings. The molecular formula is C13H24N2O3. The van der Waals surface area contributed by atoms with E-state index in [1.165, 1.54) is 0 Å². The van der Waals surface area contributed by atoms with Crippen molar-refractivity contribution in [2.75, 3.05) is 27.2 Å². The zero-order valence-corrected chi connectivity index (χ0v) is 11.5. The Morgan fingerprint density at radius 2 is 1.89 bits per heavy atom. The van der Waals surface area contributed by atoms with Gasteiger partial charge in [0.25, 0.3) is 0 Å². The third-order valence-electron chi connectivity index (χ3n) is 3.77. The van der Waals surface area contributed by atoms with Crippen LogP contribution in [0.25, 0.3) is 0 Å². The van der Waals surface area contributed by atoms with Crippen LogP contribution >= 0.6 is 0 Å². The molecule has 0 spiro atoms. The van der Waals surface area contributed by atoms with E-state index >= 15 is 0 Å². The van der Waals surface area contributed by atoms with Gasteiger partial charge in [0, 0.05) is 6.54 Å². The molecule has 1 aliphatic rings. The van der Waals surface area contributed by atoms with Crippen molar-refractivity contribution in [3.05, 3.63) is 0 Å². The maximum atomic E-state index is 11.6. The number of rotatable bonds is 5. The predicted octanol–water partition coefficient (Wildman–Crippen LogP) is 0.945. The highest BCUT2D eigenvalue weighted by atomic mass is 16.4. The molecule has 1 saturated carbocycles. The maximum absolute atomic E-state index is 11.6. The van der Waals surface area contributed by atoms with E-state index in [0.717, 1.165) is 12.8 Å². The average molecular weight is 256 g/mol. The minimum atomic E-state index is -0.778. The Hall–Kier alpha value is -1.10. The third kappa shape index (κ3) is 3.98. The number of hydrogen-bond acceptors (Lipinski definition) is 3. The van der Waals surface area contributed by atoms with E-state index in [-0.39, 0.29) is 12.5 Å². The van der Waals surface area contributed by atoms with E-state index in [1.54, 1.807) is 4.90 Å². The Balaban J connectivity index is 2.54. The van der Waals surface area contributed by atoms with Crippen LogP contribution in [0.1, 0.15) is 32.6 Å². The minimum Gasteiger partial charge on any atom is -0.481 e. The summed E-state index contributed by atoms with van der Waals surface area (Å²) in [7, 11) is 3.63. The summed E-state index contributed by atoms with van der Waals surface area (Å²) in [5.74, 6) is -0.297. The van der Waals surface area contributed by atoms with Crippen molar-refractivity contribution in [2.24, 2.45) is 11.3 Å². The van der Waals surface area contributed by atoms with Crippen molar-refractivity contribution in [1.29, 1.82) is 0 Å². The van der Waals surface area contributed by atoms with Gasteiger partial charge in [-0.3, -0.25) is 9.59 Å². The summed E-state index contributed by atoms with van der Waals surface area (Å²) in [5.41, 5.74) is -0.755. The van der Waals surface area contributed by atoms with E-state index in [2.05, 4.69) is 12.2 Å². The largest absolute Gasteiger partial charge is 0.481 e. The van der Waals surface area contributed by atoms with Crippen LogP contribution in [-0.2, 0) is 9.59 Å². The topological polar surface area (TPSA) is 69.6 Å². The van der Waals surface area contributed by atoms with Gasteiger partial charge in [-0.1, -0.05) is 6.92 Å². The van der Waals surface area contributed by atoms with Gasteiger partial charge in [0.2, 0.25) is 5.91 Å². The number of carboxylic acids is 1. The van der Waals surface area contributed by atoms with Crippen molar-refractivity contribution in [3.8, 4) is 0 Å². The number of likely N-dealkylation sites (N-methyl/N-ethyl adjacent to an activating group) is 1. The molecule has 0 aromatic heterocycles. The lowest BCUT2D eigenvalue weighted by molar-refractivity contribution is -0.151. The van der Waals surface area contributed by atoms with Gasteiger partial charge in [0.15, 0.2) is 0 Å². The number of nitrogens with zero attached hydrogens (tertiary/aromatic N) is 1. The molecule has 2 N–H and O–H groups in total. The van der Waals surface area contributed by atoms with Gasteiger partial charge in [-0.15, -0.1) is 0 Å². The number of carbonyl (C=O) groups excluding carboxylic acids is 1. The van der Waals surface area contributed by atoms with Crippen molar-refractivity contribution >= 4 is 11.9 Å². The first-order valence-corrected chi connectivity index (χ1v) is 6.50. The zero-order chi connectivity index (χ0) is 13.8. The van der Waals surface area contributed by atoms with Crippen LogP contribution in [0.3, 0.4) is 0 Å². The molecule has 104 valence electrons. The lowest BCUT2D eigenvalue weighted by Gasteiger charge is -2.35. The molecule has 0 saturated heterocycles. The second-order valence-electron chi connectivity index (χ2n) is 5.78. The quantitative estimate of drug-likeness (QED) is 0.768. The van der Waals surface area contributed by atoms with Crippen molar-refractivity contribution in [1.82, 2.24) is 10.2 Å². The molecule has 1 fully saturated rings. The monoisotopic (exact) mass is 256 g/mol. The van der Waals surface area contributed by atoms with Gasteiger partial charge in [-0.2, -0.15) is 0 Å². The SMILES string of the molecule is CC1CCC(CNC(=O)CN(C)C)(C(=O)O)CC1. The molecule has 1 amide bonds. The van der Waals surface area contributed by atoms with Crippen molar-refractivity contribution < 1.29 is 14.7 Å². The molecular weight excluding hydrogens is 232 g/mol. The minimum absolute atomic E-state index is 0.112.